The molecule has 38 heavy (non-hydrogen) atoms. The minimum Gasteiger partial charge on any atom is -0.334 e. The Balaban J connectivity index is 1.26. The summed E-state index contributed by atoms with van der Waals surface area (Å²) in [5.41, 5.74) is 4.45. The average molecular weight is 503 g/mol. The molecular formula is C34H34N2O2. The van der Waals surface area contributed by atoms with Gasteiger partial charge in [-0.2, -0.15) is 0 Å². The van der Waals surface area contributed by atoms with Gasteiger partial charge in [-0.1, -0.05) is 121 Å². The maximum atomic E-state index is 13.7. The third kappa shape index (κ3) is 6.57. The molecule has 0 spiro atoms. The monoisotopic (exact) mass is 502 g/mol. The molecule has 1 aliphatic rings. The van der Waals surface area contributed by atoms with E-state index in [2.05, 4.69) is 48.5 Å². The molecule has 5 rings (SSSR count). The SMILES string of the molecule is O=C(C1CC(C(=O)N(Cc2ccccc2)Cc2ccccc2)C1)N(Cc1ccccc1)Cc1ccccc1. The van der Waals surface area contributed by atoms with Gasteiger partial charge in [0.1, 0.15) is 0 Å². The highest BCUT2D eigenvalue weighted by molar-refractivity contribution is 5.85. The molecule has 4 heteroatoms. The Labute approximate surface area is 225 Å². The molecule has 0 N–H and O–H groups in total. The second-order valence-corrected chi connectivity index (χ2v) is 10.2. The molecule has 0 heterocycles. The van der Waals surface area contributed by atoms with Crippen molar-refractivity contribution in [2.45, 2.75) is 39.0 Å². The van der Waals surface area contributed by atoms with Gasteiger partial charge in [0.15, 0.2) is 0 Å². The van der Waals surface area contributed by atoms with Gasteiger partial charge in [0.2, 0.25) is 11.8 Å². The Morgan fingerprint density at radius 3 is 0.921 bits per heavy atom. The molecule has 0 radical (unpaired) electrons. The van der Waals surface area contributed by atoms with E-state index < -0.39 is 0 Å². The zero-order chi connectivity index (χ0) is 26.2. The van der Waals surface area contributed by atoms with Crippen molar-refractivity contribution < 1.29 is 9.59 Å². The van der Waals surface area contributed by atoms with Gasteiger partial charge in [0.25, 0.3) is 0 Å². The van der Waals surface area contributed by atoms with Crippen molar-refractivity contribution in [1.82, 2.24) is 9.80 Å². The summed E-state index contributed by atoms with van der Waals surface area (Å²) in [6, 6.07) is 40.5. The molecule has 0 aliphatic heterocycles. The molecule has 2 amide bonds. The number of carbonyl (C=O) groups is 2. The standard InChI is InChI=1S/C34H34N2O2/c37-33(35(23-27-13-5-1-6-14-27)24-28-15-7-2-8-16-28)31-21-32(22-31)34(38)36(25-29-17-9-3-10-18-29)26-30-19-11-4-12-20-30/h1-20,31-32H,21-26H2. The van der Waals surface area contributed by atoms with E-state index in [-0.39, 0.29) is 23.7 Å². The first-order valence-electron chi connectivity index (χ1n) is 13.4. The minimum absolute atomic E-state index is 0.119. The summed E-state index contributed by atoms with van der Waals surface area (Å²) in [7, 11) is 0. The summed E-state index contributed by atoms with van der Waals surface area (Å²) >= 11 is 0. The van der Waals surface area contributed by atoms with Crippen molar-refractivity contribution in [3.63, 3.8) is 0 Å². The Hall–Kier alpha value is -4.18. The first kappa shape index (κ1) is 25.5. The average Bonchev–Trinajstić information content (AvgIpc) is 2.94. The molecule has 0 saturated heterocycles. The summed E-state index contributed by atoms with van der Waals surface area (Å²) in [6.07, 6.45) is 1.22. The Kier molecular flexibility index (Phi) is 8.29. The van der Waals surface area contributed by atoms with Gasteiger partial charge in [0, 0.05) is 38.0 Å². The topological polar surface area (TPSA) is 40.6 Å². The van der Waals surface area contributed by atoms with Crippen LogP contribution in [0.4, 0.5) is 0 Å². The van der Waals surface area contributed by atoms with Crippen molar-refractivity contribution in [1.29, 1.82) is 0 Å². The number of hydrogen-bond acceptors (Lipinski definition) is 2. The minimum atomic E-state index is -0.119. The number of hydrogen-bond donors (Lipinski definition) is 0. The molecule has 0 aromatic heterocycles. The van der Waals surface area contributed by atoms with Gasteiger partial charge in [-0.25, -0.2) is 0 Å². The van der Waals surface area contributed by atoms with Crippen LogP contribution in [0.15, 0.2) is 121 Å². The summed E-state index contributed by atoms with van der Waals surface area (Å²) in [6.45, 7) is 2.27. The van der Waals surface area contributed by atoms with Crippen LogP contribution in [-0.2, 0) is 35.8 Å². The molecule has 0 bridgehead atoms. The van der Waals surface area contributed by atoms with Gasteiger partial charge in [-0.15, -0.1) is 0 Å². The molecular weight excluding hydrogens is 468 g/mol. The predicted octanol–water partition coefficient (Wildman–Crippen LogP) is 6.47. The summed E-state index contributed by atoms with van der Waals surface area (Å²) in [5.74, 6) is 0.0391. The molecule has 4 aromatic carbocycles. The number of benzene rings is 4. The van der Waals surface area contributed by atoms with E-state index in [4.69, 9.17) is 0 Å². The van der Waals surface area contributed by atoms with Crippen LogP contribution in [0.5, 0.6) is 0 Å². The van der Waals surface area contributed by atoms with Crippen molar-refractivity contribution in [3.05, 3.63) is 144 Å². The van der Waals surface area contributed by atoms with E-state index in [0.717, 1.165) is 22.3 Å². The van der Waals surface area contributed by atoms with E-state index in [1.165, 1.54) is 0 Å². The van der Waals surface area contributed by atoms with Crippen molar-refractivity contribution >= 4 is 11.8 Å². The highest BCUT2D eigenvalue weighted by Gasteiger charge is 2.42. The quantitative estimate of drug-likeness (QED) is 0.249. The van der Waals surface area contributed by atoms with Crippen LogP contribution in [0, 0.1) is 11.8 Å². The van der Waals surface area contributed by atoms with Crippen molar-refractivity contribution in [2.24, 2.45) is 11.8 Å². The lowest BCUT2D eigenvalue weighted by Crippen LogP contribution is -2.47. The Morgan fingerprint density at radius 2 is 0.684 bits per heavy atom. The van der Waals surface area contributed by atoms with E-state index in [1.54, 1.807) is 0 Å². The molecule has 0 unspecified atom stereocenters. The molecule has 1 aliphatic carbocycles. The first-order chi connectivity index (χ1) is 18.7. The Morgan fingerprint density at radius 1 is 0.447 bits per heavy atom. The lowest BCUT2D eigenvalue weighted by molar-refractivity contribution is -0.149. The van der Waals surface area contributed by atoms with E-state index in [1.807, 2.05) is 82.6 Å². The summed E-state index contributed by atoms with van der Waals surface area (Å²) in [4.78, 5) is 31.2. The lowest BCUT2D eigenvalue weighted by Gasteiger charge is -2.39. The normalized spacial score (nSPS) is 16.3. The zero-order valence-corrected chi connectivity index (χ0v) is 21.7. The zero-order valence-electron chi connectivity index (χ0n) is 21.7. The van der Waals surface area contributed by atoms with Crippen LogP contribution < -0.4 is 0 Å². The van der Waals surface area contributed by atoms with E-state index >= 15 is 0 Å². The first-order valence-corrected chi connectivity index (χ1v) is 13.4. The van der Waals surface area contributed by atoms with Crippen LogP contribution >= 0.6 is 0 Å². The second kappa shape index (κ2) is 12.4. The fourth-order valence-electron chi connectivity index (χ4n) is 5.18. The molecule has 192 valence electrons. The maximum absolute atomic E-state index is 13.7. The lowest BCUT2D eigenvalue weighted by atomic mass is 9.73. The largest absolute Gasteiger partial charge is 0.334 e. The summed E-state index contributed by atoms with van der Waals surface area (Å²) in [5, 5.41) is 0. The van der Waals surface area contributed by atoms with Crippen LogP contribution in [0.2, 0.25) is 0 Å². The highest BCUT2D eigenvalue weighted by atomic mass is 16.2. The third-order valence-corrected chi connectivity index (χ3v) is 7.32. The van der Waals surface area contributed by atoms with Crippen molar-refractivity contribution in [3.8, 4) is 0 Å². The molecule has 1 fully saturated rings. The fraction of sp³-hybridized carbons (Fsp3) is 0.235. The summed E-state index contributed by atoms with van der Waals surface area (Å²) < 4.78 is 0. The highest BCUT2D eigenvalue weighted by Crippen LogP contribution is 2.37. The third-order valence-electron chi connectivity index (χ3n) is 7.32. The fourth-order valence-corrected chi connectivity index (χ4v) is 5.18. The van der Waals surface area contributed by atoms with E-state index in [0.29, 0.717) is 39.0 Å². The second-order valence-electron chi connectivity index (χ2n) is 10.2. The van der Waals surface area contributed by atoms with E-state index in [9.17, 15) is 9.59 Å². The molecule has 4 nitrogen and oxygen atoms in total. The van der Waals surface area contributed by atoms with Gasteiger partial charge in [0.05, 0.1) is 0 Å². The van der Waals surface area contributed by atoms with Crippen molar-refractivity contribution in [2.75, 3.05) is 0 Å². The van der Waals surface area contributed by atoms with Gasteiger partial charge >= 0.3 is 0 Å². The van der Waals surface area contributed by atoms with Gasteiger partial charge in [-0.3, -0.25) is 9.59 Å². The van der Waals surface area contributed by atoms with Gasteiger partial charge < -0.3 is 9.80 Å². The van der Waals surface area contributed by atoms with Crippen LogP contribution in [0.25, 0.3) is 0 Å². The molecule has 0 atom stereocenters. The number of rotatable bonds is 10. The van der Waals surface area contributed by atoms with Crippen LogP contribution in [-0.4, -0.2) is 21.6 Å². The van der Waals surface area contributed by atoms with Crippen LogP contribution in [0.3, 0.4) is 0 Å². The number of amides is 2. The number of carbonyl (C=O) groups excluding carboxylic acids is 2. The molecule has 4 aromatic rings. The molecule has 1 saturated carbocycles. The number of nitrogens with zero attached hydrogens (tertiary/aromatic N) is 2. The smallest absolute Gasteiger partial charge is 0.226 e. The Bertz CT molecular complexity index is 1120. The van der Waals surface area contributed by atoms with Gasteiger partial charge in [-0.05, 0) is 35.1 Å². The predicted molar refractivity (Wildman–Crippen MR) is 150 cm³/mol. The van der Waals surface area contributed by atoms with Crippen LogP contribution in [0.1, 0.15) is 35.1 Å². The maximum Gasteiger partial charge on any atom is 0.226 e.